The van der Waals surface area contributed by atoms with Crippen LogP contribution in [-0.2, 0) is 14.8 Å². The number of carbonyl (C=O) groups is 2. The van der Waals surface area contributed by atoms with Crippen LogP contribution in [0.1, 0.15) is 69.8 Å². The summed E-state index contributed by atoms with van der Waals surface area (Å²) in [6, 6.07) is 10.7. The van der Waals surface area contributed by atoms with E-state index in [1.165, 1.54) is 11.4 Å². The van der Waals surface area contributed by atoms with E-state index in [1.807, 2.05) is 34.6 Å². The van der Waals surface area contributed by atoms with Gasteiger partial charge in [0.05, 0.1) is 35.3 Å². The maximum Gasteiger partial charge on any atom is 0.319 e. The maximum atomic E-state index is 14.2. The van der Waals surface area contributed by atoms with Gasteiger partial charge in [0.1, 0.15) is 5.75 Å². The summed E-state index contributed by atoms with van der Waals surface area (Å²) in [5.74, 6) is -0.295. The Balaban J connectivity index is 1.96. The summed E-state index contributed by atoms with van der Waals surface area (Å²) in [6.07, 6.45) is 1.55. The number of ether oxygens (including phenoxy) is 2. The van der Waals surface area contributed by atoms with Crippen LogP contribution in [0.5, 0.6) is 5.75 Å². The molecule has 4 atom stereocenters. The number of benzene rings is 2. The number of likely N-dealkylation sites (N-methyl/N-ethyl adjacent to an activating group) is 1. The minimum absolute atomic E-state index is 0.0726. The smallest absolute Gasteiger partial charge is 0.319 e. The van der Waals surface area contributed by atoms with Crippen LogP contribution in [-0.4, -0.2) is 92.3 Å². The second-order valence-corrected chi connectivity index (χ2v) is 14.4. The van der Waals surface area contributed by atoms with Crippen LogP contribution in [0.25, 0.3) is 0 Å². The number of sulfonamides is 1. The standard InChI is InChI=1S/C33H50N4O7S/c1-22(2)34-33(40)35-27-13-16-30-29(18-27)32(39)37(25(5)21-38)19-24(4)31(43-17-9-8-10-26(6)44-30)20-36(7)45(41,42)28-14-11-23(3)12-15-28/h11-16,18,22,24-26,31,38H,8-10,17,19-21H2,1-7H3,(H2,34,35,40)/t24-,25+,26-,31+/m1/s1. The molecule has 0 saturated heterocycles. The average Bonchev–Trinajstić information content (AvgIpc) is 2.98. The number of aryl methyl sites for hydroxylation is 1. The number of hydrogen-bond acceptors (Lipinski definition) is 7. The van der Waals surface area contributed by atoms with Gasteiger partial charge in [0.15, 0.2) is 0 Å². The van der Waals surface area contributed by atoms with Crippen molar-refractivity contribution in [3.63, 3.8) is 0 Å². The Morgan fingerprint density at radius 2 is 1.80 bits per heavy atom. The van der Waals surface area contributed by atoms with Crippen molar-refractivity contribution >= 4 is 27.6 Å². The lowest BCUT2D eigenvalue weighted by molar-refractivity contribution is -0.00833. The fraction of sp³-hybridized carbons (Fsp3) is 0.576. The van der Waals surface area contributed by atoms with Gasteiger partial charge in [0, 0.05) is 44.4 Å². The molecular weight excluding hydrogens is 596 g/mol. The molecule has 2 aromatic rings. The number of urea groups is 1. The monoisotopic (exact) mass is 646 g/mol. The fourth-order valence-corrected chi connectivity index (χ4v) is 6.32. The Morgan fingerprint density at radius 1 is 1.11 bits per heavy atom. The van der Waals surface area contributed by atoms with Gasteiger partial charge in [-0.1, -0.05) is 24.6 Å². The molecule has 3 amide bonds. The van der Waals surface area contributed by atoms with Crippen molar-refractivity contribution in [2.75, 3.05) is 38.7 Å². The molecule has 0 bridgehead atoms. The van der Waals surface area contributed by atoms with E-state index in [4.69, 9.17) is 9.47 Å². The Morgan fingerprint density at radius 3 is 2.44 bits per heavy atom. The molecule has 12 heteroatoms. The summed E-state index contributed by atoms with van der Waals surface area (Å²) in [5.41, 5.74) is 1.64. The lowest BCUT2D eigenvalue weighted by Crippen LogP contribution is -2.48. The van der Waals surface area contributed by atoms with E-state index < -0.39 is 28.2 Å². The molecule has 0 aliphatic carbocycles. The van der Waals surface area contributed by atoms with Crippen LogP contribution in [0.4, 0.5) is 10.5 Å². The number of fused-ring (bicyclic) bond motifs is 1. The third-order valence-corrected chi connectivity index (χ3v) is 9.73. The van der Waals surface area contributed by atoms with Crippen LogP contribution < -0.4 is 15.4 Å². The molecular formula is C33H50N4O7S. The molecule has 1 aliphatic heterocycles. The van der Waals surface area contributed by atoms with Gasteiger partial charge in [-0.3, -0.25) is 4.79 Å². The van der Waals surface area contributed by atoms with Gasteiger partial charge >= 0.3 is 6.03 Å². The first kappa shape index (κ1) is 36.3. The number of nitrogens with zero attached hydrogens (tertiary/aromatic N) is 2. The molecule has 0 fully saturated rings. The number of aliphatic hydroxyl groups is 1. The highest BCUT2D eigenvalue weighted by Crippen LogP contribution is 2.29. The van der Waals surface area contributed by atoms with Crippen LogP contribution in [0, 0.1) is 12.8 Å². The zero-order chi connectivity index (χ0) is 33.3. The summed E-state index contributed by atoms with van der Waals surface area (Å²) in [4.78, 5) is 28.4. The maximum absolute atomic E-state index is 14.2. The van der Waals surface area contributed by atoms with E-state index in [-0.39, 0.29) is 54.1 Å². The van der Waals surface area contributed by atoms with E-state index in [0.29, 0.717) is 24.5 Å². The molecule has 11 nitrogen and oxygen atoms in total. The molecule has 250 valence electrons. The van der Waals surface area contributed by atoms with Gasteiger partial charge in [-0.15, -0.1) is 0 Å². The normalized spacial score (nSPS) is 21.1. The van der Waals surface area contributed by atoms with Crippen molar-refractivity contribution in [2.24, 2.45) is 5.92 Å². The largest absolute Gasteiger partial charge is 0.490 e. The number of anilines is 1. The number of carbonyl (C=O) groups excluding carboxylic acids is 2. The van der Waals surface area contributed by atoms with Gasteiger partial charge in [-0.05, 0) is 84.2 Å². The van der Waals surface area contributed by atoms with Gasteiger partial charge < -0.3 is 30.1 Å². The van der Waals surface area contributed by atoms with Crippen LogP contribution in [0.2, 0.25) is 0 Å². The van der Waals surface area contributed by atoms with E-state index in [9.17, 15) is 23.1 Å². The lowest BCUT2D eigenvalue weighted by Gasteiger charge is -2.35. The lowest BCUT2D eigenvalue weighted by atomic mass is 10.0. The van der Waals surface area contributed by atoms with E-state index >= 15 is 0 Å². The Labute approximate surface area is 268 Å². The summed E-state index contributed by atoms with van der Waals surface area (Å²) in [7, 11) is -2.24. The molecule has 0 unspecified atom stereocenters. The quantitative estimate of drug-likeness (QED) is 0.380. The highest BCUT2D eigenvalue weighted by molar-refractivity contribution is 7.89. The highest BCUT2D eigenvalue weighted by Gasteiger charge is 2.32. The predicted octanol–water partition coefficient (Wildman–Crippen LogP) is 4.64. The zero-order valence-corrected chi connectivity index (χ0v) is 28.4. The highest BCUT2D eigenvalue weighted by atomic mass is 32.2. The molecule has 0 aromatic heterocycles. The number of hydrogen-bond donors (Lipinski definition) is 3. The Hall–Kier alpha value is -3.19. The summed E-state index contributed by atoms with van der Waals surface area (Å²) in [6.45, 7) is 11.6. The molecule has 0 saturated carbocycles. The summed E-state index contributed by atoms with van der Waals surface area (Å²) >= 11 is 0. The first-order valence-electron chi connectivity index (χ1n) is 15.7. The second kappa shape index (κ2) is 16.4. The predicted molar refractivity (Wildman–Crippen MR) is 175 cm³/mol. The fourth-order valence-electron chi connectivity index (χ4n) is 5.13. The molecule has 3 rings (SSSR count). The number of rotatable bonds is 8. The van der Waals surface area contributed by atoms with Crippen molar-refractivity contribution in [1.82, 2.24) is 14.5 Å². The van der Waals surface area contributed by atoms with Crippen LogP contribution in [0.15, 0.2) is 47.4 Å². The molecule has 2 aromatic carbocycles. The molecule has 45 heavy (non-hydrogen) atoms. The SMILES string of the molecule is Cc1ccc(S(=O)(=O)N(C)C[C@@H]2OCCCC[C@@H](C)Oc3ccc(NC(=O)NC(C)C)cc3C(=O)N([C@@H](C)CO)C[C@H]2C)cc1. The van der Waals surface area contributed by atoms with Gasteiger partial charge in [0.25, 0.3) is 5.91 Å². The van der Waals surface area contributed by atoms with Gasteiger partial charge in [-0.25, -0.2) is 13.2 Å². The molecule has 1 aliphatic rings. The number of nitrogens with one attached hydrogen (secondary N) is 2. The second-order valence-electron chi connectivity index (χ2n) is 12.4. The van der Waals surface area contributed by atoms with Crippen molar-refractivity contribution in [2.45, 2.75) is 90.0 Å². The van der Waals surface area contributed by atoms with Crippen molar-refractivity contribution in [3.05, 3.63) is 53.6 Å². The van der Waals surface area contributed by atoms with E-state index in [2.05, 4.69) is 10.6 Å². The zero-order valence-electron chi connectivity index (χ0n) is 27.6. The molecule has 3 N–H and O–H groups in total. The summed E-state index contributed by atoms with van der Waals surface area (Å²) < 4.78 is 40.7. The van der Waals surface area contributed by atoms with Crippen LogP contribution >= 0.6 is 0 Å². The van der Waals surface area contributed by atoms with Gasteiger partial charge in [0.2, 0.25) is 10.0 Å². The first-order valence-corrected chi connectivity index (χ1v) is 17.1. The topological polar surface area (TPSA) is 138 Å². The third-order valence-electron chi connectivity index (χ3n) is 7.90. The van der Waals surface area contributed by atoms with E-state index in [0.717, 1.165) is 18.4 Å². The van der Waals surface area contributed by atoms with Crippen molar-refractivity contribution < 1.29 is 32.6 Å². The molecule has 0 radical (unpaired) electrons. The number of amides is 3. The third kappa shape index (κ3) is 10.2. The Bertz CT molecular complexity index is 1380. The molecule has 1 heterocycles. The van der Waals surface area contributed by atoms with Gasteiger partial charge in [-0.2, -0.15) is 4.31 Å². The van der Waals surface area contributed by atoms with Crippen LogP contribution in [0.3, 0.4) is 0 Å². The minimum atomic E-state index is -3.78. The number of aliphatic hydroxyl groups excluding tert-OH is 1. The van der Waals surface area contributed by atoms with Crippen molar-refractivity contribution in [1.29, 1.82) is 0 Å². The molecule has 0 spiro atoms. The van der Waals surface area contributed by atoms with Crippen molar-refractivity contribution in [3.8, 4) is 5.75 Å². The van der Waals surface area contributed by atoms with E-state index in [1.54, 1.807) is 54.3 Å². The minimum Gasteiger partial charge on any atom is -0.490 e. The first-order chi connectivity index (χ1) is 21.2. The summed E-state index contributed by atoms with van der Waals surface area (Å²) in [5, 5.41) is 15.7. The average molecular weight is 647 g/mol. The Kier molecular flexibility index (Phi) is 13.2.